The van der Waals surface area contributed by atoms with Crippen molar-refractivity contribution in [3.8, 4) is 5.75 Å². The maximum absolute atomic E-state index is 13.2. The van der Waals surface area contributed by atoms with Crippen molar-refractivity contribution in [2.24, 2.45) is 0 Å². The highest BCUT2D eigenvalue weighted by Crippen LogP contribution is 2.30. The van der Waals surface area contributed by atoms with Gasteiger partial charge in [-0.05, 0) is 12.1 Å². The average molecular weight is 297 g/mol. The Bertz CT molecular complexity index is 570. The van der Waals surface area contributed by atoms with Crippen molar-refractivity contribution in [1.29, 1.82) is 0 Å². The lowest BCUT2D eigenvalue weighted by Crippen LogP contribution is -2.25. The molecule has 0 radical (unpaired) electrons. The molecule has 0 saturated heterocycles. The molecule has 7 heteroatoms. The zero-order chi connectivity index (χ0) is 16.0. The number of methoxy groups -OCH3 is 3. The SMILES string of the molecule is COC(=O)/C=C(\C(=O)OC)N(C)c1ccc(F)cc1OC. The molecule has 0 fully saturated rings. The van der Waals surface area contributed by atoms with Crippen LogP contribution >= 0.6 is 0 Å². The van der Waals surface area contributed by atoms with E-state index in [9.17, 15) is 14.0 Å². The molecule has 6 nitrogen and oxygen atoms in total. The summed E-state index contributed by atoms with van der Waals surface area (Å²) in [6.07, 6.45) is 0.981. The summed E-state index contributed by atoms with van der Waals surface area (Å²) in [6, 6.07) is 3.79. The van der Waals surface area contributed by atoms with E-state index < -0.39 is 17.8 Å². The van der Waals surface area contributed by atoms with Gasteiger partial charge >= 0.3 is 11.9 Å². The Morgan fingerprint density at radius 3 is 2.38 bits per heavy atom. The fraction of sp³-hybridized carbons (Fsp3) is 0.286. The van der Waals surface area contributed by atoms with Crippen LogP contribution in [0.1, 0.15) is 0 Å². The summed E-state index contributed by atoms with van der Waals surface area (Å²) in [7, 11) is 5.25. The van der Waals surface area contributed by atoms with Gasteiger partial charge in [-0.3, -0.25) is 0 Å². The second-order valence-corrected chi connectivity index (χ2v) is 3.92. The molecule has 0 spiro atoms. The number of likely N-dealkylation sites (N-methyl/N-ethyl adjacent to an activating group) is 1. The van der Waals surface area contributed by atoms with Gasteiger partial charge in [0, 0.05) is 13.1 Å². The molecule has 0 N–H and O–H groups in total. The molecule has 21 heavy (non-hydrogen) atoms. The van der Waals surface area contributed by atoms with Gasteiger partial charge in [-0.15, -0.1) is 0 Å². The smallest absolute Gasteiger partial charge is 0.354 e. The van der Waals surface area contributed by atoms with Crippen molar-refractivity contribution in [2.75, 3.05) is 33.3 Å². The highest BCUT2D eigenvalue weighted by Gasteiger charge is 2.21. The molecule has 0 bridgehead atoms. The number of carbonyl (C=O) groups is 2. The van der Waals surface area contributed by atoms with Crippen LogP contribution < -0.4 is 9.64 Å². The lowest BCUT2D eigenvalue weighted by atomic mass is 10.2. The summed E-state index contributed by atoms with van der Waals surface area (Å²) in [5, 5.41) is 0. The maximum atomic E-state index is 13.2. The van der Waals surface area contributed by atoms with Crippen LogP contribution in [0.25, 0.3) is 0 Å². The minimum atomic E-state index is -0.741. The molecule has 0 saturated carbocycles. The van der Waals surface area contributed by atoms with Crippen molar-refractivity contribution in [3.05, 3.63) is 35.8 Å². The molecule has 1 aromatic carbocycles. The Morgan fingerprint density at radius 1 is 1.19 bits per heavy atom. The van der Waals surface area contributed by atoms with E-state index in [4.69, 9.17) is 4.74 Å². The first-order valence-corrected chi connectivity index (χ1v) is 5.89. The molecule has 0 heterocycles. The van der Waals surface area contributed by atoms with Crippen LogP contribution in [0.3, 0.4) is 0 Å². The van der Waals surface area contributed by atoms with Crippen LogP contribution in [-0.2, 0) is 19.1 Å². The zero-order valence-corrected chi connectivity index (χ0v) is 12.2. The van der Waals surface area contributed by atoms with E-state index in [0.29, 0.717) is 5.69 Å². The molecule has 1 aromatic rings. The van der Waals surface area contributed by atoms with Crippen LogP contribution in [0, 0.1) is 5.82 Å². The number of benzene rings is 1. The number of halogens is 1. The predicted molar refractivity (Wildman–Crippen MR) is 73.5 cm³/mol. The first kappa shape index (κ1) is 16.5. The van der Waals surface area contributed by atoms with Gasteiger partial charge in [0.25, 0.3) is 0 Å². The normalized spacial score (nSPS) is 10.8. The number of anilines is 1. The summed E-state index contributed by atoms with van der Waals surface area (Å²) in [5.41, 5.74) is 0.314. The molecular formula is C14H16FNO5. The largest absolute Gasteiger partial charge is 0.494 e. The minimum absolute atomic E-state index is 0.0748. The second-order valence-electron chi connectivity index (χ2n) is 3.92. The van der Waals surface area contributed by atoms with Crippen molar-refractivity contribution in [3.63, 3.8) is 0 Å². The van der Waals surface area contributed by atoms with Gasteiger partial charge in [0.2, 0.25) is 0 Å². The topological polar surface area (TPSA) is 65.1 Å². The van der Waals surface area contributed by atoms with Crippen molar-refractivity contribution >= 4 is 17.6 Å². The van der Waals surface area contributed by atoms with Crippen molar-refractivity contribution < 1.29 is 28.2 Å². The van der Waals surface area contributed by atoms with Crippen LogP contribution in [0.2, 0.25) is 0 Å². The predicted octanol–water partition coefficient (Wildman–Crippen LogP) is 1.50. The summed E-state index contributed by atoms with van der Waals surface area (Å²) in [6.45, 7) is 0. The number of nitrogens with zero attached hydrogens (tertiary/aromatic N) is 1. The number of hydrogen-bond acceptors (Lipinski definition) is 6. The molecule has 0 aliphatic heterocycles. The lowest BCUT2D eigenvalue weighted by Gasteiger charge is -2.22. The second kappa shape index (κ2) is 7.28. The number of hydrogen-bond donors (Lipinski definition) is 0. The highest BCUT2D eigenvalue weighted by molar-refractivity contribution is 5.99. The summed E-state index contributed by atoms with van der Waals surface area (Å²) >= 11 is 0. The van der Waals surface area contributed by atoms with E-state index in [2.05, 4.69) is 9.47 Å². The zero-order valence-electron chi connectivity index (χ0n) is 12.2. The molecular weight excluding hydrogens is 281 g/mol. The van der Waals surface area contributed by atoms with Gasteiger partial charge < -0.3 is 19.1 Å². The van der Waals surface area contributed by atoms with Crippen LogP contribution in [0.15, 0.2) is 30.0 Å². The van der Waals surface area contributed by atoms with Gasteiger partial charge in [0.1, 0.15) is 17.3 Å². The average Bonchev–Trinajstić information content (AvgIpc) is 2.50. The van der Waals surface area contributed by atoms with E-state index in [1.54, 1.807) is 0 Å². The molecule has 0 atom stereocenters. The standard InChI is InChI=1S/C14H16FNO5/c1-16(10-6-5-9(15)7-12(10)19-2)11(14(18)21-4)8-13(17)20-3/h5-8H,1-4H3/b11-8+. The molecule has 0 amide bonds. The van der Waals surface area contributed by atoms with Gasteiger partial charge in [0.05, 0.1) is 33.1 Å². The molecule has 0 unspecified atom stereocenters. The monoisotopic (exact) mass is 297 g/mol. The van der Waals surface area contributed by atoms with E-state index in [0.717, 1.165) is 6.08 Å². The van der Waals surface area contributed by atoms with E-state index in [1.807, 2.05) is 0 Å². The first-order valence-electron chi connectivity index (χ1n) is 5.89. The molecule has 0 aromatic heterocycles. The Labute approximate surface area is 121 Å². The number of carbonyl (C=O) groups excluding carboxylic acids is 2. The number of ether oxygens (including phenoxy) is 3. The minimum Gasteiger partial charge on any atom is -0.494 e. The van der Waals surface area contributed by atoms with E-state index >= 15 is 0 Å². The van der Waals surface area contributed by atoms with Crippen LogP contribution in [0.5, 0.6) is 5.75 Å². The quantitative estimate of drug-likeness (QED) is 0.606. The third kappa shape index (κ3) is 3.95. The Kier molecular flexibility index (Phi) is 5.71. The van der Waals surface area contributed by atoms with Crippen LogP contribution in [0.4, 0.5) is 10.1 Å². The summed E-state index contributed by atoms with van der Waals surface area (Å²) < 4.78 is 27.4. The van der Waals surface area contributed by atoms with Crippen molar-refractivity contribution in [1.82, 2.24) is 0 Å². The molecule has 114 valence electrons. The Balaban J connectivity index is 3.29. The fourth-order valence-corrected chi connectivity index (χ4v) is 1.63. The van der Waals surface area contributed by atoms with E-state index in [-0.39, 0.29) is 11.4 Å². The van der Waals surface area contributed by atoms with Gasteiger partial charge in [-0.2, -0.15) is 0 Å². The highest BCUT2D eigenvalue weighted by atomic mass is 19.1. The fourth-order valence-electron chi connectivity index (χ4n) is 1.63. The summed E-state index contributed by atoms with van der Waals surface area (Å²) in [5.74, 6) is -1.74. The maximum Gasteiger partial charge on any atom is 0.354 e. The van der Waals surface area contributed by atoms with Crippen molar-refractivity contribution in [2.45, 2.75) is 0 Å². The molecule has 0 aliphatic rings. The summed E-state index contributed by atoms with van der Waals surface area (Å²) in [4.78, 5) is 24.5. The lowest BCUT2D eigenvalue weighted by molar-refractivity contribution is -0.138. The van der Waals surface area contributed by atoms with Crippen LogP contribution in [-0.4, -0.2) is 40.3 Å². The number of rotatable bonds is 5. The van der Waals surface area contributed by atoms with Gasteiger partial charge in [-0.1, -0.05) is 0 Å². The van der Waals surface area contributed by atoms with Gasteiger partial charge in [0.15, 0.2) is 0 Å². The van der Waals surface area contributed by atoms with Gasteiger partial charge in [-0.25, -0.2) is 14.0 Å². The number of esters is 2. The Morgan fingerprint density at radius 2 is 1.86 bits per heavy atom. The van der Waals surface area contributed by atoms with E-state index in [1.165, 1.54) is 51.5 Å². The Hall–Kier alpha value is -2.57. The molecule has 0 aliphatic carbocycles. The first-order chi connectivity index (χ1) is 9.94. The molecule has 1 rings (SSSR count). The third-order valence-corrected chi connectivity index (χ3v) is 2.71. The third-order valence-electron chi connectivity index (χ3n) is 2.71.